The van der Waals surface area contributed by atoms with Crippen molar-refractivity contribution in [2.24, 2.45) is 4.99 Å². The minimum Gasteiger partial charge on any atom is -0.353 e. The lowest BCUT2D eigenvalue weighted by molar-refractivity contribution is -0.115. The quantitative estimate of drug-likeness (QED) is 0.391. The van der Waals surface area contributed by atoms with Crippen LogP contribution in [0.4, 0.5) is 4.39 Å². The van der Waals surface area contributed by atoms with Gasteiger partial charge < -0.3 is 4.90 Å². The molecule has 34 heavy (non-hydrogen) atoms. The lowest BCUT2D eigenvalue weighted by Crippen LogP contribution is -2.26. The molecule has 0 radical (unpaired) electrons. The molecule has 184 valence electrons. The monoisotopic (exact) mass is 464 g/mol. The van der Waals surface area contributed by atoms with Gasteiger partial charge in [-0.3, -0.25) is 4.79 Å². The number of Topliss-reactive ketones (excluding diaryl/α,β-unsaturated/α-hetero) is 1. The maximum atomic E-state index is 14.5. The fourth-order valence-corrected chi connectivity index (χ4v) is 4.35. The van der Waals surface area contributed by atoms with Crippen LogP contribution in [0.3, 0.4) is 0 Å². The number of amidine groups is 1. The second kappa shape index (κ2) is 13.2. The molecule has 2 aromatic rings. The number of alkyl halides is 1. The number of halogens is 1. The molecule has 1 heterocycles. The number of rotatable bonds is 7. The van der Waals surface area contributed by atoms with E-state index in [1.54, 1.807) is 6.92 Å². The summed E-state index contributed by atoms with van der Waals surface area (Å²) in [7, 11) is 1.84. The summed E-state index contributed by atoms with van der Waals surface area (Å²) in [5.41, 5.74) is 5.32. The molecule has 4 heteroatoms. The smallest absolute Gasteiger partial charge is 0.180 e. The lowest BCUT2D eigenvalue weighted by atomic mass is 9.95. The van der Waals surface area contributed by atoms with Gasteiger partial charge in [0.1, 0.15) is 11.5 Å². The second-order valence-corrected chi connectivity index (χ2v) is 9.44. The second-order valence-electron chi connectivity index (χ2n) is 9.44. The molecule has 0 amide bonds. The Labute approximate surface area is 205 Å². The van der Waals surface area contributed by atoms with E-state index in [-0.39, 0.29) is 11.8 Å². The summed E-state index contributed by atoms with van der Waals surface area (Å²) in [5, 5.41) is 0. The van der Waals surface area contributed by atoms with Crippen molar-refractivity contribution in [3.63, 3.8) is 0 Å². The number of aliphatic imine (C=N–C) groups is 1. The first-order valence-corrected chi connectivity index (χ1v) is 12.5. The zero-order chi connectivity index (χ0) is 25.3. The van der Waals surface area contributed by atoms with E-state index in [1.807, 2.05) is 56.1 Å². The van der Waals surface area contributed by atoms with Gasteiger partial charge in [0.2, 0.25) is 0 Å². The van der Waals surface area contributed by atoms with Crippen molar-refractivity contribution >= 4 is 11.6 Å². The van der Waals surface area contributed by atoms with Gasteiger partial charge in [-0.2, -0.15) is 0 Å². The van der Waals surface area contributed by atoms with Crippen LogP contribution in [0.25, 0.3) is 0 Å². The summed E-state index contributed by atoms with van der Waals surface area (Å²) in [5.74, 6) is 0.968. The largest absolute Gasteiger partial charge is 0.353 e. The van der Waals surface area contributed by atoms with Crippen molar-refractivity contribution in [1.29, 1.82) is 0 Å². The highest BCUT2D eigenvalue weighted by molar-refractivity contribution is 6.00. The molecule has 0 spiro atoms. The molecule has 1 aliphatic rings. The fraction of sp³-hybridized carbons (Fsp3) is 0.467. The molecule has 1 saturated heterocycles. The van der Waals surface area contributed by atoms with Crippen molar-refractivity contribution in [3.8, 4) is 0 Å². The maximum Gasteiger partial charge on any atom is 0.180 e. The van der Waals surface area contributed by atoms with Crippen LogP contribution in [0.2, 0.25) is 0 Å². The van der Waals surface area contributed by atoms with E-state index in [4.69, 9.17) is 0 Å². The Morgan fingerprint density at radius 3 is 2.24 bits per heavy atom. The maximum absolute atomic E-state index is 14.5. The molecule has 2 atom stereocenters. The predicted molar refractivity (Wildman–Crippen MR) is 142 cm³/mol. The van der Waals surface area contributed by atoms with Crippen LogP contribution < -0.4 is 0 Å². The zero-order valence-electron chi connectivity index (χ0n) is 21.9. The molecule has 1 fully saturated rings. The Morgan fingerprint density at radius 2 is 1.68 bits per heavy atom. The third-order valence-corrected chi connectivity index (χ3v) is 6.21. The normalized spacial score (nSPS) is 18.6. The van der Waals surface area contributed by atoms with Gasteiger partial charge in [0.15, 0.2) is 12.0 Å². The van der Waals surface area contributed by atoms with Crippen LogP contribution in [0.5, 0.6) is 0 Å². The third kappa shape index (κ3) is 7.12. The standard InChI is InChI=1S/C18H23FN2O.C12H18/c1-5-16(22)17(12(2)3)20-18-14(19)11-15(21(18)4)13-9-7-6-8-10-13;1-4-7-11-8-5-6-9-12(11)10(2)3/h6-10,14-15H,5,11H2,1-4H3;5-6,8-10H,4,7H2,1-3H3. The van der Waals surface area contributed by atoms with E-state index in [0.29, 0.717) is 30.3 Å². The number of hydrogen-bond acceptors (Lipinski definition) is 2. The average Bonchev–Trinajstić information content (AvgIpc) is 3.11. The number of benzene rings is 2. The number of allylic oxidation sites excluding steroid dienone is 2. The lowest BCUT2D eigenvalue weighted by Gasteiger charge is -2.22. The summed E-state index contributed by atoms with van der Waals surface area (Å²) in [6, 6.07) is 18.6. The van der Waals surface area contributed by atoms with Gasteiger partial charge >= 0.3 is 0 Å². The van der Waals surface area contributed by atoms with Crippen LogP contribution in [0.1, 0.15) is 89.5 Å². The summed E-state index contributed by atoms with van der Waals surface area (Å²) < 4.78 is 14.5. The minimum atomic E-state index is -1.14. The van der Waals surface area contributed by atoms with Crippen LogP contribution in [-0.2, 0) is 11.2 Å². The van der Waals surface area contributed by atoms with Crippen molar-refractivity contribution in [2.75, 3.05) is 7.05 Å². The van der Waals surface area contributed by atoms with Crippen molar-refractivity contribution in [2.45, 2.75) is 85.4 Å². The molecular weight excluding hydrogens is 423 g/mol. The SMILES string of the molecule is CCC(=O)C(N=C1C(F)CC(c2ccccc2)N1C)=C(C)C.CCCc1ccccc1C(C)C. The summed E-state index contributed by atoms with van der Waals surface area (Å²) >= 11 is 0. The highest BCUT2D eigenvalue weighted by Gasteiger charge is 2.36. The van der Waals surface area contributed by atoms with E-state index in [9.17, 15) is 9.18 Å². The predicted octanol–water partition coefficient (Wildman–Crippen LogP) is 7.84. The number of carbonyl (C=O) groups excluding carboxylic acids is 1. The van der Waals surface area contributed by atoms with Crippen molar-refractivity contribution in [3.05, 3.63) is 82.6 Å². The summed E-state index contributed by atoms with van der Waals surface area (Å²) in [6.45, 7) is 12.2. The van der Waals surface area contributed by atoms with Crippen molar-refractivity contribution in [1.82, 2.24) is 4.90 Å². The zero-order valence-corrected chi connectivity index (χ0v) is 21.9. The molecule has 3 nitrogen and oxygen atoms in total. The molecule has 0 aromatic heterocycles. The van der Waals surface area contributed by atoms with Gasteiger partial charge in [0, 0.05) is 19.9 Å². The number of aryl methyl sites for hydroxylation is 1. The number of likely N-dealkylation sites (tertiary alicyclic amines) is 1. The number of nitrogens with zero attached hydrogens (tertiary/aromatic N) is 2. The van der Waals surface area contributed by atoms with Crippen LogP contribution in [0, 0.1) is 0 Å². The summed E-state index contributed by atoms with van der Waals surface area (Å²) in [6.07, 6.45) is 2.06. The van der Waals surface area contributed by atoms with Gasteiger partial charge in [-0.15, -0.1) is 0 Å². The Kier molecular flexibility index (Phi) is 10.7. The van der Waals surface area contributed by atoms with E-state index in [0.717, 1.165) is 11.1 Å². The van der Waals surface area contributed by atoms with Gasteiger partial charge in [-0.05, 0) is 48.4 Å². The molecule has 0 aliphatic carbocycles. The first-order chi connectivity index (χ1) is 16.2. The number of ketones is 1. The molecule has 0 N–H and O–H groups in total. The van der Waals surface area contributed by atoms with Crippen LogP contribution >= 0.6 is 0 Å². The molecule has 1 aliphatic heterocycles. The van der Waals surface area contributed by atoms with E-state index in [2.05, 4.69) is 50.0 Å². The molecule has 2 aromatic carbocycles. The number of hydrogen-bond donors (Lipinski definition) is 0. The Bertz CT molecular complexity index is 990. The van der Waals surface area contributed by atoms with Crippen LogP contribution in [0.15, 0.2) is 70.9 Å². The minimum absolute atomic E-state index is 0.0370. The van der Waals surface area contributed by atoms with Gasteiger partial charge in [0.25, 0.3) is 0 Å². The average molecular weight is 465 g/mol. The third-order valence-electron chi connectivity index (χ3n) is 6.21. The number of carbonyl (C=O) groups is 1. The van der Waals surface area contributed by atoms with Crippen LogP contribution in [-0.4, -0.2) is 29.7 Å². The molecule has 0 bridgehead atoms. The highest BCUT2D eigenvalue weighted by atomic mass is 19.1. The first kappa shape index (κ1) is 27.5. The Balaban J connectivity index is 0.000000287. The topological polar surface area (TPSA) is 32.7 Å². The van der Waals surface area contributed by atoms with Gasteiger partial charge in [-0.1, -0.05) is 88.7 Å². The molecular formula is C30H41FN2O. The Hall–Kier alpha value is -2.75. The molecule has 0 saturated carbocycles. The molecule has 2 unspecified atom stereocenters. The summed E-state index contributed by atoms with van der Waals surface area (Å²) in [4.78, 5) is 18.2. The van der Waals surface area contributed by atoms with E-state index in [1.165, 1.54) is 24.0 Å². The van der Waals surface area contributed by atoms with E-state index >= 15 is 0 Å². The first-order valence-electron chi connectivity index (χ1n) is 12.5. The van der Waals surface area contributed by atoms with Gasteiger partial charge in [-0.25, -0.2) is 9.38 Å². The van der Waals surface area contributed by atoms with Gasteiger partial charge in [0.05, 0.1) is 6.04 Å². The highest BCUT2D eigenvalue weighted by Crippen LogP contribution is 2.34. The van der Waals surface area contributed by atoms with Crippen molar-refractivity contribution < 1.29 is 9.18 Å². The fourth-order valence-electron chi connectivity index (χ4n) is 4.35. The van der Waals surface area contributed by atoms with E-state index < -0.39 is 6.17 Å². The molecule has 3 rings (SSSR count). The Morgan fingerprint density at radius 1 is 1.06 bits per heavy atom.